The Bertz CT molecular complexity index is 1070. The summed E-state index contributed by atoms with van der Waals surface area (Å²) in [6.45, 7) is 3.49. The highest BCUT2D eigenvalue weighted by Gasteiger charge is 2.44. The number of aliphatic hydroxyl groups excluding tert-OH is 7. The van der Waals surface area contributed by atoms with E-state index >= 15 is 0 Å². The van der Waals surface area contributed by atoms with E-state index in [1.165, 1.54) is 212 Å². The molecule has 1 aliphatic heterocycles. The number of nitrogens with one attached hydrogen (secondary N) is 1. The lowest BCUT2D eigenvalue weighted by Gasteiger charge is -2.40. The van der Waals surface area contributed by atoms with Crippen LogP contribution in [-0.4, -0.2) is 110 Å². The lowest BCUT2D eigenvalue weighted by molar-refractivity contribution is -0.303. The van der Waals surface area contributed by atoms with Crippen molar-refractivity contribution in [1.82, 2.24) is 5.32 Å². The monoisotopic (exact) mass is 972 g/mol. The molecule has 0 aliphatic carbocycles. The minimum absolute atomic E-state index is 0.266. The molecule has 1 saturated heterocycles. The number of amides is 1. The molecule has 11 heteroatoms. The zero-order valence-corrected chi connectivity index (χ0v) is 44.4. The van der Waals surface area contributed by atoms with E-state index in [1.807, 2.05) is 0 Å². The molecule has 1 heterocycles. The van der Waals surface area contributed by atoms with E-state index in [1.54, 1.807) is 0 Å². The Morgan fingerprint density at radius 3 is 1.09 bits per heavy atom. The average molecular weight is 973 g/mol. The fourth-order valence-corrected chi connectivity index (χ4v) is 9.86. The van der Waals surface area contributed by atoms with Crippen LogP contribution in [0.25, 0.3) is 0 Å². The standard InChI is InChI=1S/C57H113NO10/c1-3-5-7-9-11-13-15-17-19-20-21-22-23-24-25-26-27-28-29-31-32-34-36-38-40-42-44-49(60)52(62)48(47-67-57-55(65)54(64)53(63)51(46-59)68-57)58-56(66)50(61)45-43-41-39-37-35-33-30-18-16-14-12-10-8-6-4-2/h48-55,57,59-65H,3-47H2,1-2H3,(H,58,66). The van der Waals surface area contributed by atoms with Crippen LogP contribution in [0, 0.1) is 0 Å². The lowest BCUT2D eigenvalue weighted by atomic mass is 9.98. The third-order valence-corrected chi connectivity index (χ3v) is 14.7. The smallest absolute Gasteiger partial charge is 0.249 e. The highest BCUT2D eigenvalue weighted by atomic mass is 16.7. The van der Waals surface area contributed by atoms with Crippen LogP contribution < -0.4 is 5.32 Å². The maximum absolute atomic E-state index is 13.2. The molecule has 0 aromatic rings. The normalized spacial score (nSPS) is 20.4. The van der Waals surface area contributed by atoms with Gasteiger partial charge in [-0.05, 0) is 12.8 Å². The second-order valence-electron chi connectivity index (χ2n) is 21.1. The van der Waals surface area contributed by atoms with Crippen molar-refractivity contribution >= 4 is 5.91 Å². The van der Waals surface area contributed by atoms with E-state index in [0.29, 0.717) is 19.3 Å². The number of ether oxygens (including phenoxy) is 2. The Balaban J connectivity index is 2.26. The highest BCUT2D eigenvalue weighted by Crippen LogP contribution is 2.24. The van der Waals surface area contributed by atoms with Gasteiger partial charge in [0, 0.05) is 0 Å². The van der Waals surface area contributed by atoms with Crippen molar-refractivity contribution in [2.75, 3.05) is 13.2 Å². The van der Waals surface area contributed by atoms with Crippen LogP contribution in [0.1, 0.15) is 290 Å². The highest BCUT2D eigenvalue weighted by molar-refractivity contribution is 5.80. The molecule has 406 valence electrons. The summed E-state index contributed by atoms with van der Waals surface area (Å²) in [6, 6.07) is -1.16. The Labute approximate surface area is 418 Å². The van der Waals surface area contributed by atoms with E-state index in [0.717, 1.165) is 38.5 Å². The number of hydrogen-bond donors (Lipinski definition) is 8. The van der Waals surface area contributed by atoms with Gasteiger partial charge < -0.3 is 50.5 Å². The van der Waals surface area contributed by atoms with E-state index in [2.05, 4.69) is 19.2 Å². The Hall–Kier alpha value is -0.890. The molecule has 0 aromatic carbocycles. The van der Waals surface area contributed by atoms with Crippen molar-refractivity contribution in [3.8, 4) is 0 Å². The number of rotatable bonds is 51. The fraction of sp³-hybridized carbons (Fsp3) is 0.982. The second kappa shape index (κ2) is 47.1. The molecule has 0 saturated carbocycles. The van der Waals surface area contributed by atoms with Crippen LogP contribution in [0.4, 0.5) is 0 Å². The zero-order chi connectivity index (χ0) is 49.7. The zero-order valence-electron chi connectivity index (χ0n) is 44.4. The largest absolute Gasteiger partial charge is 0.394 e. The maximum Gasteiger partial charge on any atom is 0.249 e. The Kier molecular flexibility index (Phi) is 45.1. The van der Waals surface area contributed by atoms with Crippen molar-refractivity contribution in [2.45, 2.75) is 345 Å². The first-order chi connectivity index (χ1) is 33.2. The predicted molar refractivity (Wildman–Crippen MR) is 280 cm³/mol. The van der Waals surface area contributed by atoms with Gasteiger partial charge in [-0.25, -0.2) is 0 Å². The molecule has 1 aliphatic rings. The van der Waals surface area contributed by atoms with Crippen LogP contribution in [-0.2, 0) is 14.3 Å². The number of unbranched alkanes of at least 4 members (excludes halogenated alkanes) is 39. The summed E-state index contributed by atoms with van der Waals surface area (Å²) in [5.74, 6) is -0.691. The molecule has 0 radical (unpaired) electrons. The molecule has 11 nitrogen and oxygen atoms in total. The van der Waals surface area contributed by atoms with Crippen molar-refractivity contribution in [2.24, 2.45) is 0 Å². The first kappa shape index (κ1) is 65.1. The summed E-state index contributed by atoms with van der Waals surface area (Å²) < 4.78 is 11.1. The molecule has 8 N–H and O–H groups in total. The molecule has 9 atom stereocenters. The summed E-state index contributed by atoms with van der Waals surface area (Å²) in [5.41, 5.74) is 0. The van der Waals surface area contributed by atoms with E-state index in [-0.39, 0.29) is 6.42 Å². The van der Waals surface area contributed by atoms with Crippen LogP contribution >= 0.6 is 0 Å². The second-order valence-corrected chi connectivity index (χ2v) is 21.1. The van der Waals surface area contributed by atoms with E-state index in [9.17, 15) is 40.5 Å². The van der Waals surface area contributed by atoms with Crippen molar-refractivity contribution in [3.05, 3.63) is 0 Å². The molecule has 0 aromatic heterocycles. The van der Waals surface area contributed by atoms with Gasteiger partial charge in [-0.1, -0.05) is 277 Å². The number of aliphatic hydroxyl groups is 7. The number of carbonyl (C=O) groups is 1. The van der Waals surface area contributed by atoms with Crippen LogP contribution in [0.15, 0.2) is 0 Å². The fourth-order valence-electron chi connectivity index (χ4n) is 9.86. The van der Waals surface area contributed by atoms with Gasteiger partial charge in [0.25, 0.3) is 0 Å². The van der Waals surface area contributed by atoms with Crippen molar-refractivity contribution in [3.63, 3.8) is 0 Å². The molecule has 0 bridgehead atoms. The minimum atomic E-state index is -1.66. The van der Waals surface area contributed by atoms with Gasteiger partial charge in [0.2, 0.25) is 5.91 Å². The van der Waals surface area contributed by atoms with Crippen molar-refractivity contribution < 1.29 is 50.0 Å². The first-order valence-corrected chi connectivity index (χ1v) is 29.4. The van der Waals surface area contributed by atoms with Gasteiger partial charge in [-0.2, -0.15) is 0 Å². The Morgan fingerprint density at radius 1 is 0.456 bits per heavy atom. The molecule has 1 rings (SSSR count). The van der Waals surface area contributed by atoms with E-state index in [4.69, 9.17) is 9.47 Å². The summed E-state index contributed by atoms with van der Waals surface area (Å²) in [4.78, 5) is 13.2. The molecule has 1 fully saturated rings. The Morgan fingerprint density at radius 2 is 0.765 bits per heavy atom. The van der Waals surface area contributed by atoms with Gasteiger partial charge in [-0.15, -0.1) is 0 Å². The van der Waals surface area contributed by atoms with Gasteiger partial charge in [0.15, 0.2) is 6.29 Å². The SMILES string of the molecule is CCCCCCCCCCCCCCCCCCCCCCCCCCCCC(O)C(O)C(COC1OC(CO)C(O)C(O)C1O)NC(=O)C(O)CCCCCCCCCCCCCCCCC. The predicted octanol–water partition coefficient (Wildman–Crippen LogP) is 12.2. The van der Waals surface area contributed by atoms with Crippen LogP contribution in [0.3, 0.4) is 0 Å². The summed E-state index contributed by atoms with van der Waals surface area (Å²) >= 11 is 0. The first-order valence-electron chi connectivity index (χ1n) is 29.4. The lowest BCUT2D eigenvalue weighted by Crippen LogP contribution is -2.60. The third kappa shape index (κ3) is 35.3. The number of hydrogen-bond acceptors (Lipinski definition) is 10. The maximum atomic E-state index is 13.2. The molecule has 1 amide bonds. The van der Waals surface area contributed by atoms with Gasteiger partial charge in [0.1, 0.15) is 36.6 Å². The summed E-state index contributed by atoms with van der Waals surface area (Å²) in [5, 5.41) is 76.1. The molecular weight excluding hydrogens is 859 g/mol. The van der Waals surface area contributed by atoms with E-state index < -0.39 is 74.2 Å². The minimum Gasteiger partial charge on any atom is -0.394 e. The molecular formula is C57H113NO10. The van der Waals surface area contributed by atoms with Crippen molar-refractivity contribution in [1.29, 1.82) is 0 Å². The topological polar surface area (TPSA) is 189 Å². The quantitative estimate of drug-likeness (QED) is 0.0272. The molecule has 9 unspecified atom stereocenters. The third-order valence-electron chi connectivity index (χ3n) is 14.7. The van der Waals surface area contributed by atoms with Crippen LogP contribution in [0.2, 0.25) is 0 Å². The molecule has 0 spiro atoms. The van der Waals surface area contributed by atoms with Gasteiger partial charge in [-0.3, -0.25) is 4.79 Å². The van der Waals surface area contributed by atoms with Crippen LogP contribution in [0.5, 0.6) is 0 Å². The summed E-state index contributed by atoms with van der Waals surface area (Å²) in [7, 11) is 0. The number of carbonyl (C=O) groups excluding carboxylic acids is 1. The average Bonchev–Trinajstić information content (AvgIpc) is 3.34. The van der Waals surface area contributed by atoms with Gasteiger partial charge >= 0.3 is 0 Å². The van der Waals surface area contributed by atoms with Gasteiger partial charge in [0.05, 0.1) is 25.4 Å². The summed E-state index contributed by atoms with van der Waals surface area (Å²) in [6.07, 6.45) is 41.6. The molecule has 68 heavy (non-hydrogen) atoms.